The number of carbonyl (C=O) groups excluding carboxylic acids is 6. The third kappa shape index (κ3) is 47.9. The lowest BCUT2D eigenvalue weighted by atomic mass is 10.0. The molecule has 0 aromatic heterocycles. The number of allylic oxidation sites excluding steroid dienone is 7. The van der Waals surface area contributed by atoms with Gasteiger partial charge in [0, 0.05) is 26.7 Å². The highest BCUT2D eigenvalue weighted by molar-refractivity contribution is 5.79. The van der Waals surface area contributed by atoms with Crippen molar-refractivity contribution in [2.45, 2.75) is 219 Å². The Bertz CT molecular complexity index is 1650. The number of aliphatic hydroxyl groups is 2. The van der Waals surface area contributed by atoms with Crippen LogP contribution in [0.25, 0.3) is 0 Å². The zero-order chi connectivity index (χ0) is 56.9. The van der Waals surface area contributed by atoms with Gasteiger partial charge in [-0.05, 0) is 90.0 Å². The number of hydrogen-bond donors (Lipinski definition) is 4. The Balaban J connectivity index is -0.0000281. The number of quaternary nitrogens is 2. The van der Waals surface area contributed by atoms with Gasteiger partial charge in [0.2, 0.25) is 11.8 Å². The van der Waals surface area contributed by atoms with Crippen molar-refractivity contribution in [2.24, 2.45) is 0 Å². The van der Waals surface area contributed by atoms with E-state index >= 15 is 0 Å². The Morgan fingerprint density at radius 3 is 1.28 bits per heavy atom. The summed E-state index contributed by atoms with van der Waals surface area (Å²) < 4.78 is 22.3. The van der Waals surface area contributed by atoms with E-state index in [0.29, 0.717) is 60.6 Å². The highest BCUT2D eigenvalue weighted by Crippen LogP contribution is 2.18. The van der Waals surface area contributed by atoms with Gasteiger partial charge < -0.3 is 73.6 Å². The predicted molar refractivity (Wildman–Crippen MR) is 302 cm³/mol. The van der Waals surface area contributed by atoms with E-state index in [4.69, 9.17) is 18.9 Å². The molecule has 0 bridgehead atoms. The molecule has 0 radical (unpaired) electrons. The van der Waals surface area contributed by atoms with Gasteiger partial charge in [-0.1, -0.05) is 133 Å². The molecule has 0 aliphatic carbocycles. The summed E-state index contributed by atoms with van der Waals surface area (Å²) in [5.74, 6) is -1.70. The zero-order valence-electron chi connectivity index (χ0n) is 49.5. The summed E-state index contributed by atoms with van der Waals surface area (Å²) in [6.45, 7) is 10.5. The van der Waals surface area contributed by atoms with Crippen LogP contribution >= 0.6 is 0 Å². The smallest absolute Gasteiger partial charge is 0.362 e. The lowest BCUT2D eigenvalue weighted by molar-refractivity contribution is -0.883. The van der Waals surface area contributed by atoms with Gasteiger partial charge in [-0.3, -0.25) is 19.2 Å². The van der Waals surface area contributed by atoms with Crippen molar-refractivity contribution in [3.63, 3.8) is 0 Å². The number of likely N-dealkylation sites (N-methyl/N-ethyl adjacent to an activating group) is 2. The van der Waals surface area contributed by atoms with Gasteiger partial charge in [0.1, 0.15) is 44.7 Å². The molecule has 0 fully saturated rings. The average Bonchev–Trinajstić information content (AvgIpc) is 3.33. The number of amides is 2. The number of halogens is 2. The molecule has 4 unspecified atom stereocenters. The van der Waals surface area contributed by atoms with Crippen LogP contribution in [0.1, 0.15) is 189 Å². The number of unbranched alkanes of at least 4 members (excludes halogenated alkanes) is 14. The van der Waals surface area contributed by atoms with Crippen LogP contribution in [-0.2, 0) is 47.7 Å². The van der Waals surface area contributed by atoms with E-state index in [2.05, 4.69) is 36.6 Å². The van der Waals surface area contributed by atoms with E-state index in [1.165, 1.54) is 13.8 Å². The first kappa shape index (κ1) is 78.2. The summed E-state index contributed by atoms with van der Waals surface area (Å²) in [6, 6.07) is 0. The molecule has 0 aliphatic heterocycles. The van der Waals surface area contributed by atoms with Gasteiger partial charge in [0.05, 0.1) is 40.4 Å². The summed E-state index contributed by atoms with van der Waals surface area (Å²) in [7, 11) is 7.51. The maximum Gasteiger partial charge on any atom is 0.362 e. The van der Waals surface area contributed by atoms with Crippen molar-refractivity contribution in [1.29, 1.82) is 0 Å². The molecule has 18 heteroatoms. The monoisotopic (exact) mass is 1140 g/mol. The molecule has 0 aromatic rings. The molecule has 0 heterocycles. The Kier molecular flexibility index (Phi) is 50.0. The van der Waals surface area contributed by atoms with Gasteiger partial charge in [-0.2, -0.15) is 0 Å². The Labute approximate surface area is 483 Å². The molecule has 78 heavy (non-hydrogen) atoms. The number of ether oxygens (including phenoxy) is 4. The second-order valence-electron chi connectivity index (χ2n) is 21.4. The van der Waals surface area contributed by atoms with Crippen molar-refractivity contribution < 1.29 is 91.7 Å². The lowest BCUT2D eigenvalue weighted by Gasteiger charge is -2.30. The standard InChI is InChI=1S/C60H104N4O12.2ClH/c1-10-13-16-25-34-41-56(61-57(69)42-35-28-23-19-17-21-26-32-37-52(67)54(39-30-14-11-2)75-59(71)48-63(6,7)44-46-73-50(4)65)62-58(70)43-36-29-24-20-18-22-27-33-38-53(68)55(40-31-15-12-3)76-60(72)49-64(8,9)45-47-74-51(5)66;;/h10,13,16,25-27,32-34,41,52-56,67-68H,11-12,14-15,17-24,28-31,35-40,42-49H2,1-9H3;2*1H/b13-10+,25-16+,32-26?,33-27?,41-34+;;. The summed E-state index contributed by atoms with van der Waals surface area (Å²) in [5, 5.41) is 27.9. The first-order valence-corrected chi connectivity index (χ1v) is 28.7. The van der Waals surface area contributed by atoms with Crippen LogP contribution in [0.5, 0.6) is 0 Å². The zero-order valence-corrected chi connectivity index (χ0v) is 51.0. The van der Waals surface area contributed by atoms with Crippen LogP contribution in [0.3, 0.4) is 0 Å². The largest absolute Gasteiger partial charge is 1.00 e. The molecule has 16 nitrogen and oxygen atoms in total. The quantitative estimate of drug-likeness (QED) is 0.0132. The first-order valence-electron chi connectivity index (χ1n) is 28.7. The lowest BCUT2D eigenvalue weighted by Crippen LogP contribution is -3.00. The number of carbonyl (C=O) groups is 6. The Hall–Kier alpha value is -4.06. The number of aliphatic hydroxyl groups excluding tert-OH is 2. The molecule has 0 aliphatic rings. The Morgan fingerprint density at radius 1 is 0.513 bits per heavy atom. The minimum Gasteiger partial charge on any atom is -1.00 e. The number of hydrogen-bond acceptors (Lipinski definition) is 12. The SMILES string of the molecule is C/C=C/C=C/C=C/C(NC(=O)CCCCCCCC=CCC(O)C(CCCCC)OC(=O)C[N+](C)(C)CCOC(C)=O)NC(=O)CCCCCCCC=CCC(O)C(CCCCC)OC(=O)C[N+](C)(C)CCOC(C)=O.[Cl-].[Cl-]. The van der Waals surface area contributed by atoms with Crippen LogP contribution in [0.2, 0.25) is 0 Å². The molecule has 0 spiro atoms. The molecule has 0 aromatic carbocycles. The topological polar surface area (TPSA) is 204 Å². The van der Waals surface area contributed by atoms with Crippen LogP contribution in [0, 0.1) is 0 Å². The maximum atomic E-state index is 12.9. The maximum absolute atomic E-state index is 12.9. The number of nitrogens with one attached hydrogen (secondary N) is 2. The van der Waals surface area contributed by atoms with Gasteiger partial charge in [-0.25, -0.2) is 9.59 Å². The second kappa shape index (κ2) is 49.9. The molecule has 0 saturated heterocycles. The molecule has 0 saturated carbocycles. The van der Waals surface area contributed by atoms with E-state index in [-0.39, 0.29) is 86.8 Å². The molecular weight excluding hydrogens is 1040 g/mol. The van der Waals surface area contributed by atoms with Gasteiger partial charge in [-0.15, -0.1) is 0 Å². The van der Waals surface area contributed by atoms with Crippen LogP contribution < -0.4 is 35.4 Å². The van der Waals surface area contributed by atoms with E-state index in [1.54, 1.807) is 6.08 Å². The van der Waals surface area contributed by atoms with Gasteiger partial charge in [0.15, 0.2) is 13.1 Å². The summed E-state index contributed by atoms with van der Waals surface area (Å²) >= 11 is 0. The van der Waals surface area contributed by atoms with Crippen molar-refractivity contribution in [1.82, 2.24) is 10.6 Å². The molecule has 452 valence electrons. The number of rotatable bonds is 47. The Morgan fingerprint density at radius 2 is 0.897 bits per heavy atom. The molecule has 4 N–H and O–H groups in total. The van der Waals surface area contributed by atoms with E-state index in [9.17, 15) is 39.0 Å². The van der Waals surface area contributed by atoms with Crippen molar-refractivity contribution in [2.75, 3.05) is 67.6 Å². The second-order valence-corrected chi connectivity index (χ2v) is 21.4. The van der Waals surface area contributed by atoms with Crippen LogP contribution in [0.4, 0.5) is 0 Å². The highest BCUT2D eigenvalue weighted by atomic mass is 35.5. The fourth-order valence-corrected chi connectivity index (χ4v) is 8.20. The summed E-state index contributed by atoms with van der Waals surface area (Å²) in [4.78, 5) is 73.9. The number of nitrogens with zero attached hydrogens (tertiary/aromatic N) is 2. The van der Waals surface area contributed by atoms with Crippen molar-refractivity contribution in [3.05, 3.63) is 60.8 Å². The fourth-order valence-electron chi connectivity index (χ4n) is 8.20. The van der Waals surface area contributed by atoms with Crippen LogP contribution in [-0.4, -0.2) is 153 Å². The van der Waals surface area contributed by atoms with Crippen LogP contribution in [0.15, 0.2) is 60.8 Å². The summed E-state index contributed by atoms with van der Waals surface area (Å²) in [6.07, 6.45) is 35.4. The minimum atomic E-state index is -0.796. The van der Waals surface area contributed by atoms with Crippen molar-refractivity contribution in [3.8, 4) is 0 Å². The average molecular weight is 1150 g/mol. The van der Waals surface area contributed by atoms with Crippen molar-refractivity contribution >= 4 is 35.7 Å². The molecule has 2 amide bonds. The van der Waals surface area contributed by atoms with E-state index in [0.717, 1.165) is 116 Å². The van der Waals surface area contributed by atoms with Gasteiger partial charge >= 0.3 is 23.9 Å². The number of esters is 4. The molecule has 4 atom stereocenters. The molecular formula is C60H106Cl2N4O12. The molecule has 0 rings (SSSR count). The first-order chi connectivity index (χ1) is 36.2. The minimum absolute atomic E-state index is 0. The third-order valence-electron chi connectivity index (χ3n) is 12.8. The normalized spacial score (nSPS) is 13.9. The fraction of sp³-hybridized carbons (Fsp3) is 0.733. The highest BCUT2D eigenvalue weighted by Gasteiger charge is 2.29. The van der Waals surface area contributed by atoms with E-state index < -0.39 is 30.6 Å². The van der Waals surface area contributed by atoms with Gasteiger partial charge in [0.25, 0.3) is 0 Å². The predicted octanol–water partition coefficient (Wildman–Crippen LogP) is 3.58. The van der Waals surface area contributed by atoms with E-state index in [1.807, 2.05) is 77.6 Å². The summed E-state index contributed by atoms with van der Waals surface area (Å²) in [5.41, 5.74) is 0. The third-order valence-corrected chi connectivity index (χ3v) is 12.8.